The van der Waals surface area contributed by atoms with Crippen LogP contribution in [0.1, 0.15) is 22.3 Å². The van der Waals surface area contributed by atoms with Crippen LogP contribution in [0.5, 0.6) is 5.75 Å². The molecule has 0 bridgehead atoms. The number of hydrogen-bond acceptors (Lipinski definition) is 2. The lowest BCUT2D eigenvalue weighted by atomic mass is 10.1. The van der Waals surface area contributed by atoms with Gasteiger partial charge < -0.3 is 4.89 Å². The molecule has 20 heavy (non-hydrogen) atoms. The van der Waals surface area contributed by atoms with Crippen LogP contribution in [0.25, 0.3) is 6.08 Å². The third kappa shape index (κ3) is 4.56. The van der Waals surface area contributed by atoms with Gasteiger partial charge in [0.2, 0.25) is 0 Å². The fourth-order valence-corrected chi connectivity index (χ4v) is 1.71. The van der Waals surface area contributed by atoms with Crippen LogP contribution in [0, 0.1) is 20.8 Å². The van der Waals surface area contributed by atoms with Crippen molar-refractivity contribution in [1.29, 1.82) is 0 Å². The maximum atomic E-state index is 4.86. The highest BCUT2D eigenvalue weighted by Crippen LogP contribution is 2.18. The van der Waals surface area contributed by atoms with Crippen molar-refractivity contribution in [3.05, 3.63) is 71.3 Å². The minimum atomic E-state index is 0.685. The molecular formula is C18H22O2. The van der Waals surface area contributed by atoms with Crippen LogP contribution in [0.4, 0.5) is 0 Å². The van der Waals surface area contributed by atoms with E-state index in [1.165, 1.54) is 23.8 Å². The molecule has 2 aromatic carbocycles. The van der Waals surface area contributed by atoms with E-state index in [-0.39, 0.29) is 0 Å². The lowest BCUT2D eigenvalue weighted by Crippen LogP contribution is -1.91. The molecule has 0 spiro atoms. The average molecular weight is 270 g/mol. The highest BCUT2D eigenvalue weighted by Gasteiger charge is 1.97. The number of benzene rings is 2. The number of para-hydroxylation sites is 1. The second-order valence-corrected chi connectivity index (χ2v) is 4.51. The zero-order valence-corrected chi connectivity index (χ0v) is 12.6. The Labute approximate surface area is 121 Å². The van der Waals surface area contributed by atoms with Gasteiger partial charge in [0.15, 0.2) is 5.75 Å². The Bertz CT molecular complexity index is 539. The molecule has 0 atom stereocenters. The van der Waals surface area contributed by atoms with Gasteiger partial charge in [-0.15, -0.1) is 0 Å². The van der Waals surface area contributed by atoms with Crippen LogP contribution in [0.15, 0.2) is 49.0 Å². The van der Waals surface area contributed by atoms with Crippen LogP contribution in [0.3, 0.4) is 0 Å². The van der Waals surface area contributed by atoms with Gasteiger partial charge in [-0.25, -0.2) is 0 Å². The Morgan fingerprint density at radius 1 is 0.900 bits per heavy atom. The van der Waals surface area contributed by atoms with Gasteiger partial charge in [0.1, 0.15) is 0 Å². The zero-order valence-electron chi connectivity index (χ0n) is 12.6. The van der Waals surface area contributed by atoms with Crippen LogP contribution < -0.4 is 4.89 Å². The minimum absolute atomic E-state index is 0.685. The van der Waals surface area contributed by atoms with Crippen molar-refractivity contribution in [1.82, 2.24) is 0 Å². The van der Waals surface area contributed by atoms with Gasteiger partial charge in [-0.05, 0) is 43.5 Å². The number of rotatable bonds is 3. The number of hydrogen-bond donors (Lipinski definition) is 0. The summed E-state index contributed by atoms with van der Waals surface area (Å²) in [5.74, 6) is 0.685. The molecule has 0 aromatic heterocycles. The quantitative estimate of drug-likeness (QED) is 0.584. The van der Waals surface area contributed by atoms with E-state index in [2.05, 4.69) is 50.4 Å². The summed E-state index contributed by atoms with van der Waals surface area (Å²) >= 11 is 0. The van der Waals surface area contributed by atoms with Gasteiger partial charge in [0, 0.05) is 5.56 Å². The topological polar surface area (TPSA) is 18.5 Å². The summed E-state index contributed by atoms with van der Waals surface area (Å²) in [7, 11) is 1.47. The maximum absolute atomic E-state index is 4.86. The number of aryl methyl sites for hydroxylation is 2. The van der Waals surface area contributed by atoms with Gasteiger partial charge in [-0.3, -0.25) is 0 Å². The first kappa shape index (κ1) is 16.0. The zero-order chi connectivity index (χ0) is 15.0. The summed E-state index contributed by atoms with van der Waals surface area (Å²) in [6.07, 6.45) is 1.72. The maximum Gasteiger partial charge on any atom is 0.172 e. The summed E-state index contributed by atoms with van der Waals surface area (Å²) in [4.78, 5) is 9.38. The van der Waals surface area contributed by atoms with Gasteiger partial charge in [0.25, 0.3) is 0 Å². The molecule has 0 radical (unpaired) electrons. The van der Waals surface area contributed by atoms with Crippen molar-refractivity contribution in [2.24, 2.45) is 0 Å². The van der Waals surface area contributed by atoms with Crippen molar-refractivity contribution < 1.29 is 9.78 Å². The predicted octanol–water partition coefficient (Wildman–Crippen LogP) is 4.88. The predicted molar refractivity (Wildman–Crippen MR) is 84.8 cm³/mol. The molecule has 106 valence electrons. The molecular weight excluding hydrogens is 248 g/mol. The third-order valence-corrected chi connectivity index (χ3v) is 3.19. The third-order valence-electron chi connectivity index (χ3n) is 3.19. The Morgan fingerprint density at radius 2 is 1.50 bits per heavy atom. The molecule has 0 saturated carbocycles. The Kier molecular flexibility index (Phi) is 6.54. The summed E-state index contributed by atoms with van der Waals surface area (Å²) in [5.41, 5.74) is 5.11. The Balaban J connectivity index is 0.000000204. The highest BCUT2D eigenvalue weighted by atomic mass is 17.2. The fourth-order valence-electron chi connectivity index (χ4n) is 1.71. The minimum Gasteiger partial charge on any atom is -0.337 e. The summed E-state index contributed by atoms with van der Waals surface area (Å²) in [5, 5.41) is 0. The van der Waals surface area contributed by atoms with Crippen molar-refractivity contribution in [2.75, 3.05) is 7.11 Å². The average Bonchev–Trinajstić information content (AvgIpc) is 2.46. The van der Waals surface area contributed by atoms with Crippen LogP contribution >= 0.6 is 0 Å². The van der Waals surface area contributed by atoms with E-state index in [1.54, 1.807) is 6.08 Å². The highest BCUT2D eigenvalue weighted by molar-refractivity contribution is 5.55. The molecule has 0 unspecified atom stereocenters. The smallest absolute Gasteiger partial charge is 0.172 e. The van der Waals surface area contributed by atoms with Crippen LogP contribution in [0.2, 0.25) is 0 Å². The van der Waals surface area contributed by atoms with E-state index in [0.717, 1.165) is 5.56 Å². The van der Waals surface area contributed by atoms with Crippen LogP contribution in [-0.2, 0) is 4.89 Å². The van der Waals surface area contributed by atoms with Gasteiger partial charge in [0.05, 0.1) is 7.11 Å². The summed E-state index contributed by atoms with van der Waals surface area (Å²) in [6, 6.07) is 13.9. The normalized spacial score (nSPS) is 9.40. The second kappa shape index (κ2) is 8.18. The fraction of sp³-hybridized carbons (Fsp3) is 0.222. The molecule has 0 aliphatic heterocycles. The molecule has 0 aliphatic carbocycles. The molecule has 0 fully saturated rings. The molecule has 2 aromatic rings. The SMILES string of the molecule is C=Cc1ccccc1OOC.Cc1cccc(C)c1C. The molecule has 0 amide bonds. The van der Waals surface area contributed by atoms with Crippen molar-refractivity contribution >= 4 is 6.08 Å². The lowest BCUT2D eigenvalue weighted by molar-refractivity contribution is -0.178. The van der Waals surface area contributed by atoms with E-state index in [1.807, 2.05) is 24.3 Å². The summed E-state index contributed by atoms with van der Waals surface area (Å²) < 4.78 is 0. The Morgan fingerprint density at radius 3 is 2.00 bits per heavy atom. The van der Waals surface area contributed by atoms with Gasteiger partial charge in [-0.1, -0.05) is 49.1 Å². The van der Waals surface area contributed by atoms with E-state index < -0.39 is 0 Å². The van der Waals surface area contributed by atoms with E-state index in [9.17, 15) is 0 Å². The molecule has 0 N–H and O–H groups in total. The van der Waals surface area contributed by atoms with Crippen molar-refractivity contribution in [3.63, 3.8) is 0 Å². The summed E-state index contributed by atoms with van der Waals surface area (Å²) in [6.45, 7) is 10.1. The molecule has 2 nitrogen and oxygen atoms in total. The first-order valence-corrected chi connectivity index (χ1v) is 6.55. The van der Waals surface area contributed by atoms with Crippen molar-refractivity contribution in [3.8, 4) is 5.75 Å². The largest absolute Gasteiger partial charge is 0.337 e. The van der Waals surface area contributed by atoms with E-state index >= 15 is 0 Å². The Hall–Kier alpha value is -2.06. The van der Waals surface area contributed by atoms with Crippen LogP contribution in [-0.4, -0.2) is 7.11 Å². The first-order chi connectivity index (χ1) is 9.60. The van der Waals surface area contributed by atoms with E-state index in [4.69, 9.17) is 4.89 Å². The van der Waals surface area contributed by atoms with Crippen molar-refractivity contribution in [2.45, 2.75) is 20.8 Å². The molecule has 0 aliphatic rings. The standard InChI is InChI=1S/C9H10O2.C9H12/c1-3-8-6-4-5-7-9(8)11-10-2;1-7-5-4-6-8(2)9(7)3/h3-7H,1H2,2H3;4-6H,1-3H3. The molecule has 0 saturated heterocycles. The van der Waals surface area contributed by atoms with Gasteiger partial charge in [-0.2, -0.15) is 4.89 Å². The molecule has 2 heteroatoms. The van der Waals surface area contributed by atoms with Gasteiger partial charge >= 0.3 is 0 Å². The van der Waals surface area contributed by atoms with E-state index in [0.29, 0.717) is 5.75 Å². The first-order valence-electron chi connectivity index (χ1n) is 6.55. The monoisotopic (exact) mass is 270 g/mol. The second-order valence-electron chi connectivity index (χ2n) is 4.51. The lowest BCUT2D eigenvalue weighted by Gasteiger charge is -2.02. The molecule has 2 rings (SSSR count). The molecule has 0 heterocycles.